The minimum atomic E-state index is -0.654. The Labute approximate surface area is 146 Å². The summed E-state index contributed by atoms with van der Waals surface area (Å²) in [6, 6.07) is 14.5. The lowest BCUT2D eigenvalue weighted by atomic mass is 10.0. The average Bonchev–Trinajstić information content (AvgIpc) is 3.40. The maximum Gasteiger partial charge on any atom is 0.313 e. The summed E-state index contributed by atoms with van der Waals surface area (Å²) in [5, 5.41) is 6.12. The molecule has 1 fully saturated rings. The number of hydrogen-bond acceptors (Lipinski definition) is 2. The van der Waals surface area contributed by atoms with Crippen molar-refractivity contribution in [2.24, 2.45) is 5.92 Å². The van der Waals surface area contributed by atoms with E-state index in [0.29, 0.717) is 16.6 Å². The molecular formula is C19H19ClN2O2. The van der Waals surface area contributed by atoms with Crippen LogP contribution in [0, 0.1) is 12.8 Å². The fourth-order valence-corrected chi connectivity index (χ4v) is 2.73. The number of halogens is 1. The van der Waals surface area contributed by atoms with Crippen molar-refractivity contribution in [3.8, 4) is 0 Å². The standard InChI is InChI=1S/C19H19ClN2O2/c1-12-2-10-16(11-3-12)21-18(23)19(24)22-17(13-4-5-13)14-6-8-15(20)9-7-14/h2-3,6-11,13,17H,4-5H2,1H3,(H,21,23)(H,22,24). The quantitative estimate of drug-likeness (QED) is 0.829. The molecule has 5 heteroatoms. The van der Waals surface area contributed by atoms with Crippen LogP contribution in [0.5, 0.6) is 0 Å². The van der Waals surface area contributed by atoms with Gasteiger partial charge in [-0.3, -0.25) is 9.59 Å². The molecule has 0 saturated heterocycles. The van der Waals surface area contributed by atoms with Crippen LogP contribution in [0.3, 0.4) is 0 Å². The molecule has 2 aromatic rings. The highest BCUT2D eigenvalue weighted by Crippen LogP contribution is 2.41. The van der Waals surface area contributed by atoms with Crippen LogP contribution < -0.4 is 10.6 Å². The fraction of sp³-hybridized carbons (Fsp3) is 0.263. The molecule has 1 unspecified atom stereocenters. The third-order valence-corrected chi connectivity index (χ3v) is 4.38. The van der Waals surface area contributed by atoms with E-state index < -0.39 is 11.8 Å². The molecule has 3 rings (SSSR count). The SMILES string of the molecule is Cc1ccc(NC(=O)C(=O)NC(c2ccc(Cl)cc2)C2CC2)cc1. The van der Waals surface area contributed by atoms with E-state index in [1.54, 1.807) is 24.3 Å². The van der Waals surface area contributed by atoms with Crippen molar-refractivity contribution in [3.63, 3.8) is 0 Å². The van der Waals surface area contributed by atoms with Crippen LogP contribution in [0.2, 0.25) is 5.02 Å². The zero-order valence-corrected chi connectivity index (χ0v) is 14.1. The summed E-state index contributed by atoms with van der Waals surface area (Å²) >= 11 is 5.92. The Kier molecular flexibility index (Phi) is 4.86. The molecule has 24 heavy (non-hydrogen) atoms. The summed E-state index contributed by atoms with van der Waals surface area (Å²) in [6.07, 6.45) is 2.10. The Balaban J connectivity index is 1.66. The number of nitrogens with one attached hydrogen (secondary N) is 2. The lowest BCUT2D eigenvalue weighted by Crippen LogP contribution is -2.38. The molecule has 0 bridgehead atoms. The molecule has 0 heterocycles. The summed E-state index contributed by atoms with van der Waals surface area (Å²) in [5.41, 5.74) is 2.67. The normalized spacial score (nSPS) is 14.8. The second-order valence-corrected chi connectivity index (χ2v) is 6.60. The Morgan fingerprint density at radius 1 is 1.00 bits per heavy atom. The predicted octanol–water partition coefficient (Wildman–Crippen LogP) is 3.85. The topological polar surface area (TPSA) is 58.2 Å². The van der Waals surface area contributed by atoms with E-state index >= 15 is 0 Å². The number of anilines is 1. The number of hydrogen-bond donors (Lipinski definition) is 2. The van der Waals surface area contributed by atoms with Gasteiger partial charge in [0.05, 0.1) is 6.04 Å². The number of amides is 2. The summed E-state index contributed by atoms with van der Waals surface area (Å²) < 4.78 is 0. The van der Waals surface area contributed by atoms with Gasteiger partial charge >= 0.3 is 11.8 Å². The van der Waals surface area contributed by atoms with Gasteiger partial charge in [0.25, 0.3) is 0 Å². The molecule has 0 aromatic heterocycles. The molecule has 124 valence electrons. The number of benzene rings is 2. The Hall–Kier alpha value is -2.33. The number of aryl methyl sites for hydroxylation is 1. The largest absolute Gasteiger partial charge is 0.341 e. The summed E-state index contributed by atoms with van der Waals surface area (Å²) in [4.78, 5) is 24.4. The highest BCUT2D eigenvalue weighted by molar-refractivity contribution is 6.39. The third-order valence-electron chi connectivity index (χ3n) is 4.12. The van der Waals surface area contributed by atoms with Gasteiger partial charge in [0.2, 0.25) is 0 Å². The molecule has 0 radical (unpaired) electrons. The van der Waals surface area contributed by atoms with Gasteiger partial charge in [0.1, 0.15) is 0 Å². The van der Waals surface area contributed by atoms with Crippen molar-refractivity contribution in [2.45, 2.75) is 25.8 Å². The molecule has 2 N–H and O–H groups in total. The van der Waals surface area contributed by atoms with Gasteiger partial charge in [-0.05, 0) is 55.5 Å². The first-order chi connectivity index (χ1) is 11.5. The highest BCUT2D eigenvalue weighted by Gasteiger charge is 2.34. The summed E-state index contributed by atoms with van der Waals surface area (Å²) in [5.74, 6) is -0.900. The van der Waals surface area contributed by atoms with Crippen molar-refractivity contribution in [3.05, 3.63) is 64.7 Å². The van der Waals surface area contributed by atoms with Crippen molar-refractivity contribution < 1.29 is 9.59 Å². The zero-order valence-electron chi connectivity index (χ0n) is 13.4. The lowest BCUT2D eigenvalue weighted by molar-refractivity contribution is -0.136. The zero-order chi connectivity index (χ0) is 17.1. The second kappa shape index (κ2) is 7.05. The Bertz CT molecular complexity index is 737. The van der Waals surface area contributed by atoms with Gasteiger partial charge < -0.3 is 10.6 Å². The maximum absolute atomic E-state index is 12.2. The van der Waals surface area contributed by atoms with Crippen LogP contribution in [0.1, 0.15) is 30.0 Å². The van der Waals surface area contributed by atoms with Crippen LogP contribution in [-0.4, -0.2) is 11.8 Å². The van der Waals surface area contributed by atoms with E-state index in [0.717, 1.165) is 24.0 Å². The monoisotopic (exact) mass is 342 g/mol. The van der Waals surface area contributed by atoms with Crippen LogP contribution in [0.15, 0.2) is 48.5 Å². The van der Waals surface area contributed by atoms with Gasteiger partial charge in [0.15, 0.2) is 0 Å². The minimum Gasteiger partial charge on any atom is -0.341 e. The summed E-state index contributed by atoms with van der Waals surface area (Å²) in [7, 11) is 0. The number of carbonyl (C=O) groups excluding carboxylic acids is 2. The van der Waals surface area contributed by atoms with Crippen molar-refractivity contribution in [1.29, 1.82) is 0 Å². The van der Waals surface area contributed by atoms with Gasteiger partial charge in [-0.2, -0.15) is 0 Å². The van der Waals surface area contributed by atoms with Gasteiger partial charge in [0, 0.05) is 10.7 Å². The first kappa shape index (κ1) is 16.5. The van der Waals surface area contributed by atoms with Gasteiger partial charge in [-0.15, -0.1) is 0 Å². The molecule has 0 aliphatic heterocycles. The minimum absolute atomic E-state index is 0.154. The smallest absolute Gasteiger partial charge is 0.313 e. The van der Waals surface area contributed by atoms with E-state index in [1.807, 2.05) is 31.2 Å². The molecule has 1 atom stereocenters. The molecule has 0 spiro atoms. The maximum atomic E-state index is 12.2. The Morgan fingerprint density at radius 2 is 1.62 bits per heavy atom. The molecule has 2 aromatic carbocycles. The number of rotatable bonds is 4. The molecule has 1 saturated carbocycles. The first-order valence-electron chi connectivity index (χ1n) is 7.97. The van der Waals surface area contributed by atoms with E-state index in [4.69, 9.17) is 11.6 Å². The highest BCUT2D eigenvalue weighted by atomic mass is 35.5. The van der Waals surface area contributed by atoms with Crippen LogP contribution in [0.4, 0.5) is 5.69 Å². The van der Waals surface area contributed by atoms with Crippen LogP contribution in [-0.2, 0) is 9.59 Å². The second-order valence-electron chi connectivity index (χ2n) is 6.16. The fourth-order valence-electron chi connectivity index (χ4n) is 2.60. The van der Waals surface area contributed by atoms with E-state index in [9.17, 15) is 9.59 Å². The Morgan fingerprint density at radius 3 is 2.21 bits per heavy atom. The predicted molar refractivity (Wildman–Crippen MR) is 94.9 cm³/mol. The lowest BCUT2D eigenvalue weighted by Gasteiger charge is -2.18. The molecule has 1 aliphatic carbocycles. The van der Waals surface area contributed by atoms with Gasteiger partial charge in [-0.25, -0.2) is 0 Å². The average molecular weight is 343 g/mol. The van der Waals surface area contributed by atoms with E-state index in [-0.39, 0.29) is 6.04 Å². The molecule has 2 amide bonds. The summed E-state index contributed by atoms with van der Waals surface area (Å²) in [6.45, 7) is 1.96. The van der Waals surface area contributed by atoms with Crippen molar-refractivity contribution in [2.75, 3.05) is 5.32 Å². The van der Waals surface area contributed by atoms with Crippen molar-refractivity contribution >= 4 is 29.1 Å². The van der Waals surface area contributed by atoms with Crippen molar-refractivity contribution in [1.82, 2.24) is 5.32 Å². The van der Waals surface area contributed by atoms with Crippen LogP contribution >= 0.6 is 11.6 Å². The third kappa shape index (κ3) is 4.15. The van der Waals surface area contributed by atoms with E-state index in [2.05, 4.69) is 10.6 Å². The van der Waals surface area contributed by atoms with E-state index in [1.165, 1.54) is 0 Å². The molecule has 1 aliphatic rings. The molecular weight excluding hydrogens is 324 g/mol. The number of carbonyl (C=O) groups is 2. The first-order valence-corrected chi connectivity index (χ1v) is 8.35. The van der Waals surface area contributed by atoms with Gasteiger partial charge in [-0.1, -0.05) is 41.4 Å². The molecule has 4 nitrogen and oxygen atoms in total. The van der Waals surface area contributed by atoms with Crippen LogP contribution in [0.25, 0.3) is 0 Å².